The van der Waals surface area contributed by atoms with E-state index in [0.717, 1.165) is 59.9 Å². The van der Waals surface area contributed by atoms with Crippen LogP contribution in [0.3, 0.4) is 0 Å². The molecule has 8 saturated heterocycles. The standard InChI is InChI=1S/2C20H24N2O3/c2*1-3-10-6-11-7-14-17(10)22-9-16(25-19(11)22)20(14)18(23)13-8-12(24-2)4-5-15(13)21-20/h2*4-5,8,10-11,14,16-17,19,21H,3,6-7,9H2,1-2H3/t2*10-,11+,14+,16-,17-,19-,20-/m00/s1. The fourth-order valence-corrected chi connectivity index (χ4v) is 13.4. The van der Waals surface area contributed by atoms with Gasteiger partial charge in [0.05, 0.1) is 14.2 Å². The minimum atomic E-state index is -0.576. The van der Waals surface area contributed by atoms with Crippen LogP contribution in [0.25, 0.3) is 0 Å². The second-order valence-corrected chi connectivity index (χ2v) is 16.9. The molecule has 10 heterocycles. The number of methoxy groups -OCH3 is 2. The van der Waals surface area contributed by atoms with Crippen LogP contribution in [-0.2, 0) is 9.47 Å². The molecule has 2 aromatic rings. The second kappa shape index (κ2) is 10.2. The summed E-state index contributed by atoms with van der Waals surface area (Å²) in [6.45, 7) is 6.37. The lowest BCUT2D eigenvalue weighted by Gasteiger charge is -2.59. The van der Waals surface area contributed by atoms with E-state index in [1.165, 1.54) is 25.7 Å². The number of rotatable bonds is 4. The highest BCUT2D eigenvalue weighted by atomic mass is 16.5. The highest BCUT2D eigenvalue weighted by Gasteiger charge is 2.74. The summed E-state index contributed by atoms with van der Waals surface area (Å²) >= 11 is 0. The van der Waals surface area contributed by atoms with E-state index >= 15 is 0 Å². The molecule has 16 atom stereocenters. The lowest BCUT2D eigenvalue weighted by Crippen LogP contribution is -2.72. The number of ketones is 2. The summed E-state index contributed by atoms with van der Waals surface area (Å²) in [6, 6.07) is 12.6. The summed E-state index contributed by atoms with van der Waals surface area (Å²) in [6.07, 6.45) is 7.53. The summed E-state index contributed by atoms with van der Waals surface area (Å²) in [4.78, 5) is 32.5. The van der Waals surface area contributed by atoms with E-state index in [2.05, 4.69) is 34.3 Å². The number of ether oxygens (including phenoxy) is 4. The Morgan fingerprint density at radius 3 is 1.54 bits per heavy atom. The second-order valence-electron chi connectivity index (χ2n) is 16.9. The molecule has 14 rings (SSSR count). The molecule has 2 unspecified atom stereocenters. The quantitative estimate of drug-likeness (QED) is 0.457. The molecule has 2 aromatic carbocycles. The fraction of sp³-hybridized carbons (Fsp3) is 0.650. The predicted octanol–water partition coefficient (Wildman–Crippen LogP) is 5.03. The molecule has 10 nitrogen and oxygen atoms in total. The van der Waals surface area contributed by atoms with Gasteiger partial charge < -0.3 is 29.6 Å². The van der Waals surface area contributed by atoms with Gasteiger partial charge in [-0.15, -0.1) is 0 Å². The first-order chi connectivity index (χ1) is 24.3. The minimum Gasteiger partial charge on any atom is -0.497 e. The van der Waals surface area contributed by atoms with Crippen molar-refractivity contribution >= 4 is 22.9 Å². The van der Waals surface area contributed by atoms with E-state index in [0.29, 0.717) is 47.6 Å². The molecule has 10 aliphatic heterocycles. The van der Waals surface area contributed by atoms with Gasteiger partial charge >= 0.3 is 0 Å². The van der Waals surface area contributed by atoms with Crippen molar-refractivity contribution in [3.05, 3.63) is 47.5 Å². The number of anilines is 2. The van der Waals surface area contributed by atoms with Crippen molar-refractivity contribution < 1.29 is 28.5 Å². The fourth-order valence-electron chi connectivity index (χ4n) is 13.4. The van der Waals surface area contributed by atoms with Crippen molar-refractivity contribution in [1.82, 2.24) is 9.80 Å². The van der Waals surface area contributed by atoms with E-state index in [4.69, 9.17) is 18.9 Å². The zero-order chi connectivity index (χ0) is 33.8. The molecule has 12 aliphatic rings. The SMILES string of the molecule is CC[C@H]1C[C@@H]2C[C@@H]3[C@H]1N1C[C@H](O[C@@H]21)[C@@]31Nc2ccc(OC)cc2C1=O.CC[C@H]1C[C@@H]2C[C@@H]3[C@H]1N1C[C@H](O[C@@H]21)[C@@]31Nc2ccc(OC)cc2C1=O. The monoisotopic (exact) mass is 680 g/mol. The molecule has 10 bridgehead atoms. The molecular weight excluding hydrogens is 632 g/mol. The Morgan fingerprint density at radius 2 is 1.14 bits per heavy atom. The molecule has 2 spiro atoms. The van der Waals surface area contributed by atoms with Crippen molar-refractivity contribution in [2.24, 2.45) is 35.5 Å². The number of hydrogen-bond donors (Lipinski definition) is 2. The van der Waals surface area contributed by atoms with Crippen LogP contribution in [0.5, 0.6) is 11.5 Å². The maximum absolute atomic E-state index is 13.7. The number of carbonyl (C=O) groups is 2. The number of benzene rings is 2. The lowest BCUT2D eigenvalue weighted by molar-refractivity contribution is -0.129. The van der Waals surface area contributed by atoms with Crippen molar-refractivity contribution in [2.45, 2.75) is 100 Å². The van der Waals surface area contributed by atoms with E-state index in [-0.39, 0.29) is 36.2 Å². The molecule has 10 heteroatoms. The van der Waals surface area contributed by atoms with Crippen LogP contribution in [0, 0.1) is 35.5 Å². The first-order valence-electron chi connectivity index (χ1n) is 19.2. The highest BCUT2D eigenvalue weighted by Crippen LogP contribution is 2.63. The average Bonchev–Trinajstić information content (AvgIpc) is 3.89. The Labute approximate surface area is 293 Å². The number of nitrogens with one attached hydrogen (secondary N) is 2. The van der Waals surface area contributed by atoms with Gasteiger partial charge in [-0.25, -0.2) is 0 Å². The third kappa shape index (κ3) is 3.50. The third-order valence-corrected chi connectivity index (χ3v) is 15.3. The van der Waals surface area contributed by atoms with Crippen molar-refractivity contribution in [3.8, 4) is 11.5 Å². The van der Waals surface area contributed by atoms with E-state index in [9.17, 15) is 9.59 Å². The topological polar surface area (TPSA) is 102 Å². The summed E-state index contributed by atoms with van der Waals surface area (Å²) in [7, 11) is 3.30. The zero-order valence-corrected chi connectivity index (χ0v) is 29.4. The van der Waals surface area contributed by atoms with Crippen LogP contribution in [0.1, 0.15) is 73.1 Å². The van der Waals surface area contributed by atoms with Gasteiger partial charge in [0.1, 0.15) is 47.2 Å². The van der Waals surface area contributed by atoms with Crippen LogP contribution >= 0.6 is 0 Å². The van der Waals surface area contributed by atoms with Gasteiger partial charge in [0.15, 0.2) is 11.6 Å². The Bertz CT molecular complexity index is 1690. The van der Waals surface area contributed by atoms with Crippen LogP contribution in [0.2, 0.25) is 0 Å². The first-order valence-corrected chi connectivity index (χ1v) is 19.2. The van der Waals surface area contributed by atoms with Crippen molar-refractivity contribution in [3.63, 3.8) is 0 Å². The van der Waals surface area contributed by atoms with Gasteiger partial charge in [0.2, 0.25) is 0 Å². The smallest absolute Gasteiger partial charge is 0.193 e. The largest absolute Gasteiger partial charge is 0.497 e. The number of fused-ring (bicyclic) bond motifs is 8. The molecule has 2 saturated carbocycles. The predicted molar refractivity (Wildman–Crippen MR) is 186 cm³/mol. The van der Waals surface area contributed by atoms with Crippen LogP contribution in [0.15, 0.2) is 36.4 Å². The Hall–Kier alpha value is -3.18. The zero-order valence-electron chi connectivity index (χ0n) is 29.4. The van der Waals surface area contributed by atoms with Crippen molar-refractivity contribution in [2.75, 3.05) is 37.9 Å². The summed E-state index contributed by atoms with van der Waals surface area (Å²) < 4.78 is 23.7. The molecular formula is C40H48N4O6. The van der Waals surface area contributed by atoms with Crippen LogP contribution < -0.4 is 20.1 Å². The Balaban J connectivity index is 0.000000120. The summed E-state index contributed by atoms with van der Waals surface area (Å²) in [5.74, 6) is 5.16. The molecule has 2 aliphatic carbocycles. The van der Waals surface area contributed by atoms with E-state index < -0.39 is 11.1 Å². The van der Waals surface area contributed by atoms with Crippen molar-refractivity contribution in [1.29, 1.82) is 0 Å². The Kier molecular flexibility index (Phi) is 6.23. The van der Waals surface area contributed by atoms with Gasteiger partial charge in [-0.05, 0) is 85.8 Å². The number of nitrogens with zero attached hydrogens (tertiary/aromatic N) is 2. The van der Waals surface area contributed by atoms with E-state index in [1.54, 1.807) is 14.2 Å². The van der Waals surface area contributed by atoms with Gasteiger partial charge in [-0.1, -0.05) is 26.7 Å². The van der Waals surface area contributed by atoms with Gasteiger partial charge in [-0.3, -0.25) is 19.4 Å². The minimum absolute atomic E-state index is 0.0368. The number of hydrogen-bond acceptors (Lipinski definition) is 10. The van der Waals surface area contributed by atoms with E-state index in [1.807, 2.05) is 36.4 Å². The molecule has 0 radical (unpaired) electrons. The van der Waals surface area contributed by atoms with Gasteiger partial charge in [0, 0.05) is 59.5 Å². The number of carbonyl (C=O) groups excluding carboxylic acids is 2. The first kappa shape index (κ1) is 30.4. The number of Topliss-reactive ketones (excluding diaryl/α,β-unsaturated/α-hetero) is 2. The van der Waals surface area contributed by atoms with Gasteiger partial charge in [-0.2, -0.15) is 0 Å². The average molecular weight is 681 g/mol. The normalized spacial score (nSPS) is 48.1. The molecule has 50 heavy (non-hydrogen) atoms. The lowest BCUT2D eigenvalue weighted by atomic mass is 9.56. The Morgan fingerprint density at radius 1 is 0.700 bits per heavy atom. The molecule has 0 aromatic heterocycles. The van der Waals surface area contributed by atoms with Gasteiger partial charge in [0.25, 0.3) is 0 Å². The molecule has 10 fully saturated rings. The highest BCUT2D eigenvalue weighted by molar-refractivity contribution is 6.15. The summed E-state index contributed by atoms with van der Waals surface area (Å²) in [5, 5.41) is 7.36. The maximum atomic E-state index is 13.7. The van der Waals surface area contributed by atoms with Crippen LogP contribution in [-0.4, -0.2) is 96.5 Å². The number of piperidine rings is 6. The maximum Gasteiger partial charge on any atom is 0.193 e. The third-order valence-electron chi connectivity index (χ3n) is 15.3. The molecule has 0 amide bonds. The van der Waals surface area contributed by atoms with Crippen LogP contribution in [0.4, 0.5) is 11.4 Å². The molecule has 2 N–H and O–H groups in total. The molecule has 264 valence electrons. The summed E-state index contributed by atoms with van der Waals surface area (Å²) in [5.41, 5.74) is 2.29.